The first kappa shape index (κ1) is 11.4. The second-order valence-electron chi connectivity index (χ2n) is 4.05. The molecular formula is C14H9NO4. The molecule has 1 atom stereocenters. The minimum atomic E-state index is -0.882. The van der Waals surface area contributed by atoms with Gasteiger partial charge in [0.1, 0.15) is 12.2 Å². The summed E-state index contributed by atoms with van der Waals surface area (Å²) in [5.41, 5.74) is 0.960. The molecule has 0 bridgehead atoms. The fraction of sp³-hybridized carbons (Fsp3) is 0.143. The van der Waals surface area contributed by atoms with Gasteiger partial charge in [0.05, 0.1) is 17.9 Å². The lowest BCUT2D eigenvalue weighted by Crippen LogP contribution is -2.10. The number of carbonyl (C=O) groups excluding carboxylic acids is 1. The Balaban J connectivity index is 1.95. The zero-order valence-electron chi connectivity index (χ0n) is 9.83. The van der Waals surface area contributed by atoms with Gasteiger partial charge in [-0.05, 0) is 23.8 Å². The Hall–Kier alpha value is -2.74. The van der Waals surface area contributed by atoms with Crippen LogP contribution in [-0.4, -0.2) is 12.6 Å². The smallest absolute Gasteiger partial charge is 0.231 e. The number of Topliss-reactive ketones (excluding diaryl/α,β-unsaturated/α-hetero) is 1. The van der Waals surface area contributed by atoms with Gasteiger partial charge in [0, 0.05) is 0 Å². The van der Waals surface area contributed by atoms with Crippen LogP contribution in [-0.2, 0) is 0 Å². The molecule has 0 radical (unpaired) electrons. The molecule has 1 aliphatic heterocycles. The van der Waals surface area contributed by atoms with Crippen molar-refractivity contribution in [2.75, 3.05) is 6.79 Å². The topological polar surface area (TPSA) is 72.5 Å². The number of hydrogen-bond donors (Lipinski definition) is 0. The van der Waals surface area contributed by atoms with E-state index in [2.05, 4.69) is 0 Å². The van der Waals surface area contributed by atoms with Crippen molar-refractivity contribution in [3.05, 3.63) is 47.9 Å². The average Bonchev–Trinajstić information content (AvgIpc) is 3.10. The van der Waals surface area contributed by atoms with Crippen LogP contribution in [0.3, 0.4) is 0 Å². The molecule has 0 amide bonds. The first-order chi connectivity index (χ1) is 9.29. The molecule has 1 aromatic carbocycles. The van der Waals surface area contributed by atoms with Gasteiger partial charge in [0.2, 0.25) is 6.79 Å². The van der Waals surface area contributed by atoms with Crippen LogP contribution in [0.5, 0.6) is 11.5 Å². The minimum absolute atomic E-state index is 0.158. The number of rotatable bonds is 3. The summed E-state index contributed by atoms with van der Waals surface area (Å²) in [5.74, 6) is -0.00356. The second kappa shape index (κ2) is 4.50. The van der Waals surface area contributed by atoms with Crippen molar-refractivity contribution in [2.45, 2.75) is 5.92 Å². The van der Waals surface area contributed by atoms with E-state index in [1.165, 1.54) is 12.5 Å². The van der Waals surface area contributed by atoms with E-state index < -0.39 is 5.92 Å². The predicted molar refractivity (Wildman–Crippen MR) is 64.0 cm³/mol. The molecule has 19 heavy (non-hydrogen) atoms. The third kappa shape index (κ3) is 1.93. The Bertz CT molecular complexity index is 655. The first-order valence-electron chi connectivity index (χ1n) is 5.65. The Morgan fingerprint density at radius 1 is 1.26 bits per heavy atom. The number of carbonyl (C=O) groups is 1. The van der Waals surface area contributed by atoms with E-state index in [1.807, 2.05) is 6.07 Å². The molecule has 0 saturated carbocycles. The van der Waals surface area contributed by atoms with Crippen LogP contribution in [0, 0.1) is 11.3 Å². The van der Waals surface area contributed by atoms with Crippen molar-refractivity contribution in [3.63, 3.8) is 0 Å². The fourth-order valence-electron chi connectivity index (χ4n) is 1.95. The number of hydrogen-bond acceptors (Lipinski definition) is 5. The minimum Gasteiger partial charge on any atom is -0.472 e. The molecule has 1 unspecified atom stereocenters. The summed E-state index contributed by atoms with van der Waals surface area (Å²) in [4.78, 5) is 12.2. The van der Waals surface area contributed by atoms with Gasteiger partial charge in [-0.3, -0.25) is 4.79 Å². The maximum Gasteiger partial charge on any atom is 0.231 e. The second-order valence-corrected chi connectivity index (χ2v) is 4.05. The Morgan fingerprint density at radius 2 is 2.11 bits per heavy atom. The highest BCUT2D eigenvalue weighted by molar-refractivity contribution is 6.02. The lowest BCUT2D eigenvalue weighted by atomic mass is 9.93. The Kier molecular flexibility index (Phi) is 2.69. The summed E-state index contributed by atoms with van der Waals surface area (Å²) in [6.45, 7) is 0.158. The van der Waals surface area contributed by atoms with Crippen molar-refractivity contribution < 1.29 is 18.7 Å². The van der Waals surface area contributed by atoms with E-state index in [0.717, 1.165) is 0 Å². The van der Waals surface area contributed by atoms with Gasteiger partial charge in [0.15, 0.2) is 17.3 Å². The van der Waals surface area contributed by atoms with Crippen LogP contribution in [0.25, 0.3) is 0 Å². The Labute approximate surface area is 109 Å². The van der Waals surface area contributed by atoms with Gasteiger partial charge in [-0.1, -0.05) is 6.07 Å². The van der Waals surface area contributed by atoms with Crippen molar-refractivity contribution in [2.24, 2.45) is 0 Å². The normalized spacial score (nSPS) is 13.8. The summed E-state index contributed by atoms with van der Waals surface area (Å²) in [6.07, 6.45) is 2.74. The SMILES string of the molecule is N#CC(C(=O)c1ccoc1)c1ccc2c(c1)OCO2. The van der Waals surface area contributed by atoms with Gasteiger partial charge < -0.3 is 13.9 Å². The van der Waals surface area contributed by atoms with Crippen molar-refractivity contribution in [1.29, 1.82) is 5.26 Å². The molecule has 0 saturated heterocycles. The van der Waals surface area contributed by atoms with Gasteiger partial charge in [-0.2, -0.15) is 5.26 Å². The first-order valence-corrected chi connectivity index (χ1v) is 5.65. The molecule has 94 valence electrons. The van der Waals surface area contributed by atoms with E-state index >= 15 is 0 Å². The average molecular weight is 255 g/mol. The standard InChI is InChI=1S/C14H9NO4/c15-6-11(14(16)10-3-4-17-7-10)9-1-2-12-13(5-9)19-8-18-12/h1-5,7,11H,8H2. The van der Waals surface area contributed by atoms with Crippen LogP contribution < -0.4 is 9.47 Å². The summed E-state index contributed by atoms with van der Waals surface area (Å²) < 4.78 is 15.3. The highest BCUT2D eigenvalue weighted by Crippen LogP contribution is 2.35. The number of furan rings is 1. The lowest BCUT2D eigenvalue weighted by Gasteiger charge is -2.07. The number of benzene rings is 1. The predicted octanol–water partition coefficient (Wildman–Crippen LogP) is 2.50. The summed E-state index contributed by atoms with van der Waals surface area (Å²) in [7, 11) is 0. The summed E-state index contributed by atoms with van der Waals surface area (Å²) >= 11 is 0. The molecule has 2 aromatic rings. The molecule has 5 heteroatoms. The van der Waals surface area contributed by atoms with E-state index in [0.29, 0.717) is 22.6 Å². The molecule has 0 aliphatic carbocycles. The molecule has 3 rings (SSSR count). The molecule has 1 aromatic heterocycles. The van der Waals surface area contributed by atoms with Gasteiger partial charge >= 0.3 is 0 Å². The molecule has 1 aliphatic rings. The molecule has 5 nitrogen and oxygen atoms in total. The number of ketones is 1. The maximum absolute atomic E-state index is 12.2. The maximum atomic E-state index is 12.2. The highest BCUT2D eigenvalue weighted by Gasteiger charge is 2.25. The number of fused-ring (bicyclic) bond motifs is 1. The van der Waals surface area contributed by atoms with Crippen molar-refractivity contribution >= 4 is 5.78 Å². The molecule has 2 heterocycles. The van der Waals surface area contributed by atoms with Crippen LogP contribution in [0.15, 0.2) is 41.2 Å². The lowest BCUT2D eigenvalue weighted by molar-refractivity contribution is 0.0978. The van der Waals surface area contributed by atoms with Crippen molar-refractivity contribution in [1.82, 2.24) is 0 Å². The number of nitriles is 1. The number of nitrogens with zero attached hydrogens (tertiary/aromatic N) is 1. The zero-order chi connectivity index (χ0) is 13.2. The van der Waals surface area contributed by atoms with E-state index in [4.69, 9.17) is 13.9 Å². The molecule has 0 N–H and O–H groups in total. The molecular weight excluding hydrogens is 246 g/mol. The van der Waals surface area contributed by atoms with Gasteiger partial charge in [0.25, 0.3) is 0 Å². The van der Waals surface area contributed by atoms with Crippen molar-refractivity contribution in [3.8, 4) is 17.6 Å². The zero-order valence-corrected chi connectivity index (χ0v) is 9.83. The van der Waals surface area contributed by atoms with Gasteiger partial charge in [-0.15, -0.1) is 0 Å². The van der Waals surface area contributed by atoms with E-state index in [-0.39, 0.29) is 12.6 Å². The largest absolute Gasteiger partial charge is 0.472 e. The van der Waals surface area contributed by atoms with E-state index in [1.54, 1.807) is 24.3 Å². The number of ether oxygens (including phenoxy) is 2. The quantitative estimate of drug-likeness (QED) is 0.788. The molecule has 0 fully saturated rings. The third-order valence-electron chi connectivity index (χ3n) is 2.93. The van der Waals surface area contributed by atoms with Gasteiger partial charge in [-0.25, -0.2) is 0 Å². The van der Waals surface area contributed by atoms with Crippen LogP contribution in [0.4, 0.5) is 0 Å². The van der Waals surface area contributed by atoms with Crippen LogP contribution in [0.2, 0.25) is 0 Å². The highest BCUT2D eigenvalue weighted by atomic mass is 16.7. The van der Waals surface area contributed by atoms with E-state index in [9.17, 15) is 10.1 Å². The molecule has 0 spiro atoms. The van der Waals surface area contributed by atoms with Crippen LogP contribution >= 0.6 is 0 Å². The summed E-state index contributed by atoms with van der Waals surface area (Å²) in [5, 5.41) is 9.22. The van der Waals surface area contributed by atoms with Crippen LogP contribution in [0.1, 0.15) is 21.8 Å². The summed E-state index contributed by atoms with van der Waals surface area (Å²) in [6, 6.07) is 8.61. The monoisotopic (exact) mass is 255 g/mol. The third-order valence-corrected chi connectivity index (χ3v) is 2.93. The Morgan fingerprint density at radius 3 is 2.84 bits per heavy atom. The fourth-order valence-corrected chi connectivity index (χ4v) is 1.95.